The summed E-state index contributed by atoms with van der Waals surface area (Å²) in [5, 5.41) is 3.79. The monoisotopic (exact) mass is 250 g/mol. The Labute approximate surface area is 113 Å². The summed E-state index contributed by atoms with van der Waals surface area (Å²) in [6.07, 6.45) is 5.26. The molecule has 0 amide bonds. The summed E-state index contributed by atoms with van der Waals surface area (Å²) >= 11 is 0. The minimum atomic E-state index is 0.358. The molecule has 2 rings (SSSR count). The van der Waals surface area contributed by atoms with Gasteiger partial charge in [-0.1, -0.05) is 32.4 Å². The van der Waals surface area contributed by atoms with Crippen LogP contribution in [0, 0.1) is 11.3 Å². The third-order valence-corrected chi connectivity index (χ3v) is 4.37. The minimum absolute atomic E-state index is 0.358. The normalized spacial score (nSPS) is 30.3. The van der Waals surface area contributed by atoms with Crippen LogP contribution in [0.3, 0.4) is 0 Å². The molecule has 1 N–H and O–H groups in total. The molecule has 104 valence electrons. The SMILES string of the molecule is CC(C)=CCN1CC(C2CC2)NCC1C(C)(C)C. The lowest BCUT2D eigenvalue weighted by Gasteiger charge is -2.46. The molecule has 1 heterocycles. The van der Waals surface area contributed by atoms with E-state index in [-0.39, 0.29) is 0 Å². The lowest BCUT2D eigenvalue weighted by Crippen LogP contribution is -2.61. The number of piperazine rings is 1. The van der Waals surface area contributed by atoms with Crippen LogP contribution in [0.4, 0.5) is 0 Å². The molecular formula is C16H30N2. The Morgan fingerprint density at radius 2 is 1.94 bits per heavy atom. The van der Waals surface area contributed by atoms with Crippen LogP contribution in [0.2, 0.25) is 0 Å². The predicted octanol–water partition coefficient (Wildman–Crippen LogP) is 3.05. The molecular weight excluding hydrogens is 220 g/mol. The van der Waals surface area contributed by atoms with Gasteiger partial charge in [-0.15, -0.1) is 0 Å². The quantitative estimate of drug-likeness (QED) is 0.775. The van der Waals surface area contributed by atoms with Crippen LogP contribution < -0.4 is 5.32 Å². The maximum atomic E-state index is 3.79. The Hall–Kier alpha value is -0.340. The van der Waals surface area contributed by atoms with Gasteiger partial charge >= 0.3 is 0 Å². The van der Waals surface area contributed by atoms with Crippen LogP contribution >= 0.6 is 0 Å². The number of nitrogens with one attached hydrogen (secondary N) is 1. The standard InChI is InChI=1S/C16H30N2/c1-12(2)8-9-18-11-14(13-6-7-13)17-10-15(18)16(3,4)5/h8,13-15,17H,6-7,9-11H2,1-5H3. The van der Waals surface area contributed by atoms with Gasteiger partial charge < -0.3 is 5.32 Å². The third kappa shape index (κ3) is 3.58. The van der Waals surface area contributed by atoms with E-state index in [1.165, 1.54) is 25.0 Å². The van der Waals surface area contributed by atoms with Crippen molar-refractivity contribution in [2.75, 3.05) is 19.6 Å². The zero-order valence-electron chi connectivity index (χ0n) is 12.8. The van der Waals surface area contributed by atoms with Gasteiger partial charge in [0.25, 0.3) is 0 Å². The van der Waals surface area contributed by atoms with Gasteiger partial charge in [-0.2, -0.15) is 0 Å². The van der Waals surface area contributed by atoms with Crippen molar-refractivity contribution in [2.24, 2.45) is 11.3 Å². The van der Waals surface area contributed by atoms with Crippen molar-refractivity contribution in [3.63, 3.8) is 0 Å². The second-order valence-corrected chi connectivity index (χ2v) is 7.47. The van der Waals surface area contributed by atoms with E-state index in [4.69, 9.17) is 0 Å². The van der Waals surface area contributed by atoms with Crippen LogP contribution in [-0.2, 0) is 0 Å². The first kappa shape index (κ1) is 14.1. The molecule has 0 radical (unpaired) electrons. The molecule has 0 bridgehead atoms. The van der Waals surface area contributed by atoms with Gasteiger partial charge in [-0.05, 0) is 38.0 Å². The zero-order chi connectivity index (χ0) is 13.3. The van der Waals surface area contributed by atoms with Gasteiger partial charge in [0.05, 0.1) is 0 Å². The Morgan fingerprint density at radius 1 is 1.28 bits per heavy atom. The zero-order valence-corrected chi connectivity index (χ0v) is 12.8. The van der Waals surface area contributed by atoms with Gasteiger partial charge in [0.1, 0.15) is 0 Å². The summed E-state index contributed by atoms with van der Waals surface area (Å²) in [6, 6.07) is 1.40. The molecule has 2 fully saturated rings. The number of allylic oxidation sites excluding steroid dienone is 1. The van der Waals surface area contributed by atoms with Crippen LogP contribution in [0.5, 0.6) is 0 Å². The van der Waals surface area contributed by atoms with Crippen molar-refractivity contribution < 1.29 is 0 Å². The number of hydrogen-bond acceptors (Lipinski definition) is 2. The average molecular weight is 250 g/mol. The summed E-state index contributed by atoms with van der Waals surface area (Å²) in [4.78, 5) is 2.70. The summed E-state index contributed by atoms with van der Waals surface area (Å²) in [6.45, 7) is 15.0. The van der Waals surface area contributed by atoms with Crippen LogP contribution in [0.1, 0.15) is 47.5 Å². The average Bonchev–Trinajstić information content (AvgIpc) is 3.08. The lowest BCUT2D eigenvalue weighted by molar-refractivity contribution is 0.0611. The van der Waals surface area contributed by atoms with E-state index in [0.29, 0.717) is 11.5 Å². The molecule has 0 aromatic heterocycles. The molecule has 2 nitrogen and oxygen atoms in total. The molecule has 1 saturated heterocycles. The van der Waals surface area contributed by atoms with E-state index in [0.717, 1.165) is 25.0 Å². The molecule has 18 heavy (non-hydrogen) atoms. The van der Waals surface area contributed by atoms with Gasteiger partial charge in [-0.25, -0.2) is 0 Å². The van der Waals surface area contributed by atoms with E-state index in [1.54, 1.807) is 0 Å². The fraction of sp³-hybridized carbons (Fsp3) is 0.875. The highest BCUT2D eigenvalue weighted by atomic mass is 15.2. The first-order valence-corrected chi connectivity index (χ1v) is 7.48. The third-order valence-electron chi connectivity index (χ3n) is 4.37. The molecule has 2 heteroatoms. The van der Waals surface area contributed by atoms with Crippen molar-refractivity contribution in [2.45, 2.75) is 59.5 Å². The van der Waals surface area contributed by atoms with Crippen molar-refractivity contribution in [1.29, 1.82) is 0 Å². The molecule has 0 spiro atoms. The molecule has 2 aliphatic rings. The maximum Gasteiger partial charge on any atom is 0.0273 e. The first-order chi connectivity index (χ1) is 8.38. The molecule has 1 saturated carbocycles. The van der Waals surface area contributed by atoms with Crippen LogP contribution in [0.25, 0.3) is 0 Å². The van der Waals surface area contributed by atoms with E-state index in [1.807, 2.05) is 0 Å². The molecule has 0 aromatic rings. The largest absolute Gasteiger partial charge is 0.311 e. The second-order valence-electron chi connectivity index (χ2n) is 7.47. The Kier molecular flexibility index (Phi) is 4.18. The molecule has 1 aliphatic carbocycles. The number of hydrogen-bond donors (Lipinski definition) is 1. The van der Waals surface area contributed by atoms with Crippen LogP contribution in [0.15, 0.2) is 11.6 Å². The molecule has 2 atom stereocenters. The highest BCUT2D eigenvalue weighted by molar-refractivity contribution is 5.02. The summed E-state index contributed by atoms with van der Waals surface area (Å²) < 4.78 is 0. The number of rotatable bonds is 3. The minimum Gasteiger partial charge on any atom is -0.311 e. The highest BCUT2D eigenvalue weighted by Crippen LogP contribution is 2.36. The van der Waals surface area contributed by atoms with Gasteiger partial charge in [0.2, 0.25) is 0 Å². The van der Waals surface area contributed by atoms with E-state index >= 15 is 0 Å². The Balaban J connectivity index is 2.02. The van der Waals surface area contributed by atoms with Gasteiger partial charge in [0.15, 0.2) is 0 Å². The fourth-order valence-corrected chi connectivity index (χ4v) is 3.01. The maximum absolute atomic E-state index is 3.79. The summed E-state index contributed by atoms with van der Waals surface area (Å²) in [7, 11) is 0. The lowest BCUT2D eigenvalue weighted by atomic mass is 9.83. The Bertz CT molecular complexity index is 306. The highest BCUT2D eigenvalue weighted by Gasteiger charge is 2.40. The van der Waals surface area contributed by atoms with Crippen molar-refractivity contribution in [3.05, 3.63) is 11.6 Å². The van der Waals surface area contributed by atoms with Gasteiger partial charge in [0, 0.05) is 31.7 Å². The smallest absolute Gasteiger partial charge is 0.0273 e. The second kappa shape index (κ2) is 5.34. The predicted molar refractivity (Wildman–Crippen MR) is 78.8 cm³/mol. The Morgan fingerprint density at radius 3 is 2.44 bits per heavy atom. The summed E-state index contributed by atoms with van der Waals surface area (Å²) in [5.41, 5.74) is 1.79. The van der Waals surface area contributed by atoms with Gasteiger partial charge in [-0.3, -0.25) is 4.90 Å². The van der Waals surface area contributed by atoms with Crippen LogP contribution in [-0.4, -0.2) is 36.6 Å². The van der Waals surface area contributed by atoms with E-state index < -0.39 is 0 Å². The molecule has 0 aromatic carbocycles. The first-order valence-electron chi connectivity index (χ1n) is 7.48. The summed E-state index contributed by atoms with van der Waals surface area (Å²) in [5.74, 6) is 0.958. The fourth-order valence-electron chi connectivity index (χ4n) is 3.01. The van der Waals surface area contributed by atoms with E-state index in [2.05, 4.69) is 50.9 Å². The molecule has 1 aliphatic heterocycles. The van der Waals surface area contributed by atoms with E-state index in [9.17, 15) is 0 Å². The van der Waals surface area contributed by atoms with Crippen molar-refractivity contribution >= 4 is 0 Å². The van der Waals surface area contributed by atoms with Crippen molar-refractivity contribution in [1.82, 2.24) is 10.2 Å². The molecule has 2 unspecified atom stereocenters. The number of nitrogens with zero attached hydrogens (tertiary/aromatic N) is 1. The van der Waals surface area contributed by atoms with Crippen molar-refractivity contribution in [3.8, 4) is 0 Å². The topological polar surface area (TPSA) is 15.3 Å².